The van der Waals surface area contributed by atoms with Crippen molar-refractivity contribution in [1.82, 2.24) is 4.90 Å². The molecule has 0 bridgehead atoms. The number of aliphatic hydroxyl groups is 1. The van der Waals surface area contributed by atoms with E-state index in [0.29, 0.717) is 43.9 Å². The third-order valence-electron chi connectivity index (χ3n) is 5.27. The van der Waals surface area contributed by atoms with Crippen LogP contribution < -0.4 is 4.90 Å². The minimum Gasteiger partial charge on any atom is -0.369 e. The summed E-state index contributed by atoms with van der Waals surface area (Å²) < 4.78 is 79.0. The molecule has 0 spiro atoms. The molecule has 0 aliphatic rings. The summed E-state index contributed by atoms with van der Waals surface area (Å²) in [5, 5.41) is 18.3. The van der Waals surface area contributed by atoms with Gasteiger partial charge in [-0.2, -0.15) is 26.3 Å². The van der Waals surface area contributed by atoms with Gasteiger partial charge in [0.1, 0.15) is 0 Å². The quantitative estimate of drug-likeness (QED) is 0.223. The number of benzene rings is 1. The van der Waals surface area contributed by atoms with Crippen molar-refractivity contribution in [2.75, 3.05) is 24.5 Å². The topological polar surface area (TPSA) is 50.6 Å². The van der Waals surface area contributed by atoms with Crippen molar-refractivity contribution < 1.29 is 31.4 Å². The molecule has 184 valence electrons. The summed E-state index contributed by atoms with van der Waals surface area (Å²) in [6, 6.07) is 3.45. The number of nitrogens with one attached hydrogen (secondary N) is 1. The fourth-order valence-corrected chi connectivity index (χ4v) is 3.24. The van der Waals surface area contributed by atoms with Gasteiger partial charge in [0, 0.05) is 30.9 Å². The Bertz CT molecular complexity index is 681. The monoisotopic (exact) mass is 469 g/mol. The Morgan fingerprint density at radius 1 is 0.781 bits per heavy atom. The second-order valence-electron chi connectivity index (χ2n) is 7.78. The largest absolute Gasteiger partial charge is 0.430 e. The van der Waals surface area contributed by atoms with Gasteiger partial charge in [-0.25, -0.2) is 0 Å². The second kappa shape index (κ2) is 11.8. The highest BCUT2D eigenvalue weighted by molar-refractivity contribution is 5.93. The molecule has 0 unspecified atom stereocenters. The molecule has 0 fully saturated rings. The molecule has 32 heavy (non-hydrogen) atoms. The maximum atomic E-state index is 13.2. The van der Waals surface area contributed by atoms with Gasteiger partial charge in [-0.1, -0.05) is 52.2 Å². The molecular weight excluding hydrogens is 436 g/mol. The lowest BCUT2D eigenvalue weighted by Gasteiger charge is -2.35. The van der Waals surface area contributed by atoms with Crippen LogP contribution in [0.3, 0.4) is 0 Å². The fraction of sp³-hybridized carbons (Fsp3) is 0.682. The Hall–Kier alpha value is -1.97. The molecule has 0 aromatic heterocycles. The molecule has 0 amide bonds. The molecule has 1 rings (SSSR count). The number of alkyl halides is 6. The van der Waals surface area contributed by atoms with Crippen LogP contribution in [0, 0.1) is 5.41 Å². The molecular formula is C22H33F6N3O. The summed E-state index contributed by atoms with van der Waals surface area (Å²) in [6.07, 6.45) is -6.81. The van der Waals surface area contributed by atoms with E-state index in [4.69, 9.17) is 5.41 Å². The van der Waals surface area contributed by atoms with Crippen molar-refractivity contribution in [3.8, 4) is 0 Å². The lowest BCUT2D eigenvalue weighted by atomic mass is 9.92. The summed E-state index contributed by atoms with van der Waals surface area (Å²) in [5.41, 5.74) is -5.97. The van der Waals surface area contributed by atoms with E-state index in [1.165, 1.54) is 0 Å². The van der Waals surface area contributed by atoms with Crippen LogP contribution in [0.4, 0.5) is 32.0 Å². The first-order valence-corrected chi connectivity index (χ1v) is 10.9. The summed E-state index contributed by atoms with van der Waals surface area (Å²) >= 11 is 0. The van der Waals surface area contributed by atoms with Crippen LogP contribution in [0.15, 0.2) is 24.3 Å². The predicted octanol–water partition coefficient (Wildman–Crippen LogP) is 6.44. The van der Waals surface area contributed by atoms with E-state index in [0.717, 1.165) is 44.2 Å². The molecule has 4 nitrogen and oxygen atoms in total. The van der Waals surface area contributed by atoms with Gasteiger partial charge in [0.15, 0.2) is 5.96 Å². The summed E-state index contributed by atoms with van der Waals surface area (Å²) in [5.74, 6) is 0.162. The average molecular weight is 470 g/mol. The van der Waals surface area contributed by atoms with Crippen LogP contribution in [0.5, 0.6) is 0 Å². The van der Waals surface area contributed by atoms with E-state index in [1.54, 1.807) is 4.90 Å². The average Bonchev–Trinajstić information content (AvgIpc) is 2.72. The molecule has 1 aromatic carbocycles. The smallest absolute Gasteiger partial charge is 0.369 e. The third kappa shape index (κ3) is 6.52. The zero-order valence-corrected chi connectivity index (χ0v) is 18.8. The summed E-state index contributed by atoms with van der Waals surface area (Å²) in [4.78, 5) is 3.48. The highest BCUT2D eigenvalue weighted by atomic mass is 19.4. The van der Waals surface area contributed by atoms with E-state index < -0.39 is 23.5 Å². The molecule has 0 saturated heterocycles. The molecule has 0 radical (unpaired) electrons. The molecule has 0 aliphatic heterocycles. The second-order valence-corrected chi connectivity index (χ2v) is 7.78. The molecule has 1 aromatic rings. The predicted molar refractivity (Wildman–Crippen MR) is 114 cm³/mol. The number of unbranched alkanes of at least 4 members (excludes halogenated alkanes) is 3. The van der Waals surface area contributed by atoms with E-state index in [1.807, 2.05) is 25.7 Å². The van der Waals surface area contributed by atoms with Crippen molar-refractivity contribution in [2.45, 2.75) is 77.2 Å². The van der Waals surface area contributed by atoms with Gasteiger partial charge in [-0.05, 0) is 31.4 Å². The van der Waals surface area contributed by atoms with Gasteiger partial charge < -0.3 is 14.9 Å². The highest BCUT2D eigenvalue weighted by Gasteiger charge is 2.71. The van der Waals surface area contributed by atoms with Gasteiger partial charge in [-0.15, -0.1) is 0 Å². The van der Waals surface area contributed by atoms with Crippen molar-refractivity contribution in [3.05, 3.63) is 29.8 Å². The zero-order valence-electron chi connectivity index (χ0n) is 18.8. The van der Waals surface area contributed by atoms with Gasteiger partial charge in [0.25, 0.3) is 5.60 Å². The molecule has 10 heteroatoms. The normalized spacial score (nSPS) is 12.7. The summed E-state index contributed by atoms with van der Waals surface area (Å²) in [6.45, 7) is 7.67. The number of nitrogens with zero attached hydrogens (tertiary/aromatic N) is 2. The number of hydrogen-bond acceptors (Lipinski definition) is 2. The summed E-state index contributed by atoms with van der Waals surface area (Å²) in [7, 11) is 0. The first kappa shape index (κ1) is 28.1. The van der Waals surface area contributed by atoms with Gasteiger partial charge in [0.05, 0.1) is 0 Å². The van der Waals surface area contributed by atoms with Crippen LogP contribution in [-0.4, -0.2) is 48.0 Å². The zero-order chi connectivity index (χ0) is 24.6. The Morgan fingerprint density at radius 2 is 1.19 bits per heavy atom. The van der Waals surface area contributed by atoms with Crippen molar-refractivity contribution in [1.29, 1.82) is 5.41 Å². The van der Waals surface area contributed by atoms with E-state index in [2.05, 4.69) is 0 Å². The number of rotatable bonds is 11. The SMILES string of the molecule is CCCCN(CCCC)C(=N)N(CCCC)c1ccc(C(O)(C(F)(F)F)C(F)(F)F)cc1. The fourth-order valence-electron chi connectivity index (χ4n) is 3.24. The van der Waals surface area contributed by atoms with E-state index in [-0.39, 0.29) is 5.96 Å². The minimum absolute atomic E-state index is 0.162. The standard InChI is InChI=1S/C22H33F6N3O/c1-4-7-14-30(15-8-5-2)19(29)31(16-9-6-3)18-12-10-17(11-13-18)20(32,21(23,24)25)22(26,27)28/h10-13,29,32H,4-9,14-16H2,1-3H3. The third-order valence-corrected chi connectivity index (χ3v) is 5.27. The Kier molecular flexibility index (Phi) is 10.3. The minimum atomic E-state index is -5.93. The van der Waals surface area contributed by atoms with Crippen molar-refractivity contribution in [2.24, 2.45) is 0 Å². The Balaban J connectivity index is 3.32. The van der Waals surface area contributed by atoms with E-state index >= 15 is 0 Å². The number of guanidine groups is 1. The Morgan fingerprint density at radius 3 is 1.56 bits per heavy atom. The van der Waals surface area contributed by atoms with Crippen molar-refractivity contribution in [3.63, 3.8) is 0 Å². The highest BCUT2D eigenvalue weighted by Crippen LogP contribution is 2.50. The van der Waals surface area contributed by atoms with Crippen LogP contribution in [-0.2, 0) is 5.60 Å². The first-order valence-electron chi connectivity index (χ1n) is 10.9. The molecule has 0 aliphatic carbocycles. The van der Waals surface area contributed by atoms with Gasteiger partial charge in [-0.3, -0.25) is 5.41 Å². The molecule has 2 N–H and O–H groups in total. The number of anilines is 1. The molecule has 0 atom stereocenters. The lowest BCUT2D eigenvalue weighted by molar-refractivity contribution is -0.376. The van der Waals surface area contributed by atoms with Crippen LogP contribution >= 0.6 is 0 Å². The lowest BCUT2D eigenvalue weighted by Crippen LogP contribution is -2.53. The van der Waals surface area contributed by atoms with Gasteiger partial charge >= 0.3 is 12.4 Å². The van der Waals surface area contributed by atoms with Crippen LogP contribution in [0.25, 0.3) is 0 Å². The number of halogens is 6. The Labute approximate surface area is 185 Å². The van der Waals surface area contributed by atoms with Crippen LogP contribution in [0.1, 0.15) is 64.9 Å². The first-order chi connectivity index (χ1) is 14.8. The molecule has 0 heterocycles. The van der Waals surface area contributed by atoms with Crippen LogP contribution in [0.2, 0.25) is 0 Å². The number of hydrogen-bond donors (Lipinski definition) is 2. The maximum absolute atomic E-state index is 13.2. The van der Waals surface area contributed by atoms with Gasteiger partial charge in [0.2, 0.25) is 0 Å². The van der Waals surface area contributed by atoms with E-state index in [9.17, 15) is 31.4 Å². The van der Waals surface area contributed by atoms with Crippen molar-refractivity contribution >= 4 is 11.6 Å². The molecule has 0 saturated carbocycles. The maximum Gasteiger partial charge on any atom is 0.430 e.